The van der Waals surface area contributed by atoms with Crippen LogP contribution >= 0.6 is 0 Å². The lowest BCUT2D eigenvalue weighted by atomic mass is 9.95. The highest BCUT2D eigenvalue weighted by Crippen LogP contribution is 2.35. The Morgan fingerprint density at radius 1 is 1.25 bits per heavy atom. The summed E-state index contributed by atoms with van der Waals surface area (Å²) < 4.78 is 5.30. The van der Waals surface area contributed by atoms with E-state index in [2.05, 4.69) is 20.7 Å². The molecular weight excluding hydrogens is 356 g/mol. The summed E-state index contributed by atoms with van der Waals surface area (Å²) in [5, 5.41) is 15.1. The fraction of sp³-hybridized carbons (Fsp3) is 0.300. The molecule has 1 aromatic heterocycles. The summed E-state index contributed by atoms with van der Waals surface area (Å²) >= 11 is 0. The third-order valence-corrected chi connectivity index (χ3v) is 5.00. The summed E-state index contributed by atoms with van der Waals surface area (Å²) in [6, 6.07) is 13.5. The van der Waals surface area contributed by atoms with Gasteiger partial charge < -0.3 is 15.0 Å². The molecule has 28 heavy (non-hydrogen) atoms. The molecule has 8 nitrogen and oxygen atoms in total. The fourth-order valence-electron chi connectivity index (χ4n) is 3.31. The monoisotopic (exact) mass is 378 g/mol. The van der Waals surface area contributed by atoms with E-state index in [1.807, 2.05) is 54.3 Å². The maximum atomic E-state index is 12.9. The minimum Gasteiger partial charge on any atom is -0.497 e. The van der Waals surface area contributed by atoms with Crippen molar-refractivity contribution < 1.29 is 9.53 Å². The van der Waals surface area contributed by atoms with Gasteiger partial charge in [0.2, 0.25) is 5.82 Å². The second-order valence-corrected chi connectivity index (χ2v) is 6.84. The Balaban J connectivity index is 1.52. The van der Waals surface area contributed by atoms with Gasteiger partial charge in [-0.2, -0.15) is 4.80 Å². The Hall–Kier alpha value is -3.42. The highest BCUT2D eigenvalue weighted by atomic mass is 16.5. The fourth-order valence-corrected chi connectivity index (χ4v) is 3.31. The van der Waals surface area contributed by atoms with Gasteiger partial charge in [0.15, 0.2) is 0 Å². The number of carbonyl (C=O) groups excluding carboxylic acids is 1. The summed E-state index contributed by atoms with van der Waals surface area (Å²) in [6.45, 7) is 2.68. The number of urea groups is 1. The zero-order valence-corrected chi connectivity index (χ0v) is 16.1. The van der Waals surface area contributed by atoms with Gasteiger partial charge in [0.05, 0.1) is 20.2 Å². The zero-order chi connectivity index (χ0) is 19.7. The number of anilines is 1. The minimum absolute atomic E-state index is 0.0558. The first kappa shape index (κ1) is 18.0. The van der Waals surface area contributed by atoms with Gasteiger partial charge in [-0.15, -0.1) is 10.2 Å². The van der Waals surface area contributed by atoms with Crippen molar-refractivity contribution in [3.05, 3.63) is 53.6 Å². The molecule has 0 aliphatic carbocycles. The summed E-state index contributed by atoms with van der Waals surface area (Å²) in [7, 11) is 3.36. The standard InChI is InChI=1S/C20H22N6O2/c1-13-7-8-15(19-22-24-25(2)23-19)12-17(13)21-20(27)26-10-9-18(26)14-5-4-6-16(11-14)28-3/h4-8,11-12,18H,9-10H2,1-3H3,(H,21,27)/t18-/m1/s1. The van der Waals surface area contributed by atoms with Gasteiger partial charge in [-0.3, -0.25) is 0 Å². The number of nitrogens with zero attached hydrogens (tertiary/aromatic N) is 5. The van der Waals surface area contributed by atoms with Gasteiger partial charge in [-0.25, -0.2) is 4.79 Å². The van der Waals surface area contributed by atoms with Gasteiger partial charge in [0.1, 0.15) is 5.75 Å². The normalized spacial score (nSPS) is 15.8. The number of nitrogens with one attached hydrogen (secondary N) is 1. The van der Waals surface area contributed by atoms with E-state index in [1.165, 1.54) is 4.80 Å². The largest absolute Gasteiger partial charge is 0.497 e. The number of rotatable bonds is 4. The predicted octanol–water partition coefficient (Wildman–Crippen LogP) is 3.17. The van der Waals surface area contributed by atoms with Crippen LogP contribution in [0.2, 0.25) is 0 Å². The highest BCUT2D eigenvalue weighted by Gasteiger charge is 2.33. The molecule has 3 aromatic rings. The van der Waals surface area contributed by atoms with E-state index < -0.39 is 0 Å². The van der Waals surface area contributed by atoms with Crippen LogP contribution in [0.5, 0.6) is 5.75 Å². The third-order valence-electron chi connectivity index (χ3n) is 5.00. The molecule has 1 aliphatic rings. The minimum atomic E-state index is -0.119. The van der Waals surface area contributed by atoms with Crippen LogP contribution in [0.3, 0.4) is 0 Å². The topological polar surface area (TPSA) is 85.2 Å². The van der Waals surface area contributed by atoms with E-state index >= 15 is 0 Å². The van der Waals surface area contributed by atoms with Crippen LogP contribution in [0.15, 0.2) is 42.5 Å². The number of aromatic nitrogens is 4. The Morgan fingerprint density at radius 2 is 2.11 bits per heavy atom. The molecule has 2 aromatic carbocycles. The molecule has 2 amide bonds. The van der Waals surface area contributed by atoms with Crippen molar-refractivity contribution in [2.45, 2.75) is 19.4 Å². The quantitative estimate of drug-likeness (QED) is 0.754. The summed E-state index contributed by atoms with van der Waals surface area (Å²) in [5.74, 6) is 1.32. The van der Waals surface area contributed by atoms with Crippen molar-refractivity contribution >= 4 is 11.7 Å². The Kier molecular flexibility index (Phi) is 4.68. The second kappa shape index (κ2) is 7.30. The molecule has 0 spiro atoms. The van der Waals surface area contributed by atoms with E-state index in [0.29, 0.717) is 5.82 Å². The van der Waals surface area contributed by atoms with Crippen LogP contribution in [0.1, 0.15) is 23.6 Å². The first-order valence-corrected chi connectivity index (χ1v) is 9.12. The van der Waals surface area contributed by atoms with Crippen molar-refractivity contribution in [1.82, 2.24) is 25.1 Å². The van der Waals surface area contributed by atoms with Crippen LogP contribution in [0.4, 0.5) is 10.5 Å². The molecule has 0 unspecified atom stereocenters. The SMILES string of the molecule is COc1cccc([C@H]2CCN2C(=O)Nc2cc(-c3nnn(C)n3)ccc2C)c1. The number of hydrogen-bond donors (Lipinski definition) is 1. The Labute approximate surface area is 163 Å². The van der Waals surface area contributed by atoms with Crippen molar-refractivity contribution in [2.75, 3.05) is 19.0 Å². The van der Waals surface area contributed by atoms with E-state index in [9.17, 15) is 4.79 Å². The molecule has 0 radical (unpaired) electrons. The first-order chi connectivity index (χ1) is 13.5. The lowest BCUT2D eigenvalue weighted by Gasteiger charge is -2.41. The zero-order valence-electron chi connectivity index (χ0n) is 16.1. The van der Waals surface area contributed by atoms with E-state index in [1.54, 1.807) is 14.2 Å². The molecule has 1 saturated heterocycles. The number of aryl methyl sites for hydroxylation is 2. The van der Waals surface area contributed by atoms with Crippen LogP contribution in [0, 0.1) is 6.92 Å². The van der Waals surface area contributed by atoms with Crippen LogP contribution < -0.4 is 10.1 Å². The molecule has 0 saturated carbocycles. The summed E-state index contributed by atoms with van der Waals surface area (Å²) in [4.78, 5) is 16.1. The van der Waals surface area contributed by atoms with Gasteiger partial charge in [-0.05, 0) is 47.9 Å². The number of ether oxygens (including phenoxy) is 1. The van der Waals surface area contributed by atoms with Crippen molar-refractivity contribution in [2.24, 2.45) is 7.05 Å². The van der Waals surface area contributed by atoms with Crippen LogP contribution in [-0.2, 0) is 7.05 Å². The molecule has 8 heteroatoms. The third kappa shape index (κ3) is 3.40. The molecule has 1 aliphatic heterocycles. The predicted molar refractivity (Wildman–Crippen MR) is 105 cm³/mol. The molecule has 1 N–H and O–H groups in total. The lowest BCUT2D eigenvalue weighted by Crippen LogP contribution is -2.47. The lowest BCUT2D eigenvalue weighted by molar-refractivity contribution is 0.126. The maximum absolute atomic E-state index is 12.9. The van der Waals surface area contributed by atoms with Gasteiger partial charge >= 0.3 is 6.03 Å². The Bertz CT molecular complexity index is 1020. The molecule has 2 heterocycles. The van der Waals surface area contributed by atoms with Gasteiger partial charge in [0, 0.05) is 17.8 Å². The number of amides is 2. The van der Waals surface area contributed by atoms with E-state index in [4.69, 9.17) is 4.74 Å². The molecule has 1 fully saturated rings. The van der Waals surface area contributed by atoms with Crippen LogP contribution in [-0.4, -0.2) is 44.8 Å². The number of tetrazole rings is 1. The Morgan fingerprint density at radius 3 is 2.79 bits per heavy atom. The molecule has 1 atom stereocenters. The average Bonchev–Trinajstić information content (AvgIpc) is 3.09. The summed E-state index contributed by atoms with van der Waals surface area (Å²) in [5.41, 5.74) is 3.60. The second-order valence-electron chi connectivity index (χ2n) is 6.84. The van der Waals surface area contributed by atoms with Crippen molar-refractivity contribution in [3.63, 3.8) is 0 Å². The van der Waals surface area contributed by atoms with Gasteiger partial charge in [0.25, 0.3) is 0 Å². The molecule has 0 bridgehead atoms. The highest BCUT2D eigenvalue weighted by molar-refractivity contribution is 5.91. The molecule has 144 valence electrons. The van der Waals surface area contributed by atoms with E-state index in [0.717, 1.165) is 41.1 Å². The molecule has 4 rings (SSSR count). The maximum Gasteiger partial charge on any atom is 0.322 e. The van der Waals surface area contributed by atoms with E-state index in [-0.39, 0.29) is 12.1 Å². The smallest absolute Gasteiger partial charge is 0.322 e. The van der Waals surface area contributed by atoms with Crippen molar-refractivity contribution in [3.8, 4) is 17.1 Å². The number of likely N-dealkylation sites (tertiary alicyclic amines) is 1. The number of carbonyl (C=O) groups is 1. The molecular formula is C20H22N6O2. The number of hydrogen-bond acceptors (Lipinski definition) is 5. The van der Waals surface area contributed by atoms with Crippen molar-refractivity contribution in [1.29, 1.82) is 0 Å². The first-order valence-electron chi connectivity index (χ1n) is 9.12. The van der Waals surface area contributed by atoms with Crippen LogP contribution in [0.25, 0.3) is 11.4 Å². The summed E-state index contributed by atoms with van der Waals surface area (Å²) in [6.07, 6.45) is 0.934. The van der Waals surface area contributed by atoms with Gasteiger partial charge in [-0.1, -0.05) is 24.3 Å². The number of benzene rings is 2. The number of methoxy groups -OCH3 is 1. The average molecular weight is 378 g/mol.